The van der Waals surface area contributed by atoms with Gasteiger partial charge < -0.3 is 24.8 Å². The van der Waals surface area contributed by atoms with Crippen LogP contribution in [0.3, 0.4) is 0 Å². The largest absolute Gasteiger partial charge is 1.00 e. The van der Waals surface area contributed by atoms with E-state index in [1.807, 2.05) is 0 Å². The third-order valence-electron chi connectivity index (χ3n) is 8.89. The van der Waals surface area contributed by atoms with E-state index in [1.54, 1.807) is 14.4 Å². The Morgan fingerprint density at radius 3 is 1.60 bits per heavy atom. The summed E-state index contributed by atoms with van der Waals surface area (Å²) in [6.07, 6.45) is 6.26. The third-order valence-corrected chi connectivity index (χ3v) is 16.6. The molecule has 0 spiro atoms. The SMILES string of the molecule is CC1C=C(C(C)(C)C)C=[C]1/[Zr+2](=[CH]/Cc1ccccc1)[CH]1c2ccc(C(C)(C)C)cc2-c2cc(C(C)(C)C)ccc21.[Cl-].[Cl-]. The monoisotopic (exact) mass is 676 g/mol. The van der Waals surface area contributed by atoms with E-state index in [0.717, 1.165) is 6.42 Å². The summed E-state index contributed by atoms with van der Waals surface area (Å²) in [5, 5.41) is 0. The zero-order valence-electron chi connectivity index (χ0n) is 27.2. The summed E-state index contributed by atoms with van der Waals surface area (Å²) in [6, 6.07) is 26.0. The first-order valence-corrected chi connectivity index (χ1v) is 19.2. The van der Waals surface area contributed by atoms with Crippen LogP contribution in [0.25, 0.3) is 11.1 Å². The number of benzene rings is 3. The maximum absolute atomic E-state index is 2.82. The quantitative estimate of drug-likeness (QED) is 0.381. The molecule has 1 unspecified atom stereocenters. The molecule has 0 saturated heterocycles. The van der Waals surface area contributed by atoms with Gasteiger partial charge in [-0.1, -0.05) is 0 Å². The molecule has 0 aliphatic heterocycles. The smallest absolute Gasteiger partial charge is 1.00 e. The Balaban J connectivity index is 0.00000242. The molecule has 5 rings (SSSR count). The van der Waals surface area contributed by atoms with Crippen LogP contribution in [0.4, 0.5) is 0 Å². The Bertz CT molecular complexity index is 1460. The number of fused-ring (bicyclic) bond motifs is 3. The normalized spacial score (nSPS) is 16.7. The minimum absolute atomic E-state index is 0. The minimum Gasteiger partial charge on any atom is -1.00 e. The number of hydrogen-bond acceptors (Lipinski definition) is 0. The molecule has 3 aromatic rings. The predicted octanol–water partition coefficient (Wildman–Crippen LogP) is 4.53. The maximum atomic E-state index is 2.82. The van der Waals surface area contributed by atoms with Gasteiger partial charge in [-0.05, 0) is 0 Å². The number of halogens is 2. The summed E-state index contributed by atoms with van der Waals surface area (Å²) in [7, 11) is 0. The summed E-state index contributed by atoms with van der Waals surface area (Å²) in [5.41, 5.74) is 12.4. The van der Waals surface area contributed by atoms with Crippen molar-refractivity contribution in [2.24, 2.45) is 11.3 Å². The number of hydrogen-bond donors (Lipinski definition) is 0. The molecule has 0 N–H and O–H groups in total. The van der Waals surface area contributed by atoms with Crippen molar-refractivity contribution < 1.29 is 46.1 Å². The summed E-state index contributed by atoms with van der Waals surface area (Å²) < 4.78 is 5.09. The first-order valence-electron chi connectivity index (χ1n) is 15.1. The molecular formula is C39H48Cl2Zr. The van der Waals surface area contributed by atoms with Crippen molar-refractivity contribution in [3.63, 3.8) is 0 Å². The second kappa shape index (κ2) is 12.8. The Hall–Kier alpha value is -1.53. The number of allylic oxidation sites excluding steroid dienone is 4. The molecule has 0 fully saturated rings. The van der Waals surface area contributed by atoms with Gasteiger partial charge in [0.15, 0.2) is 0 Å². The molecule has 0 bridgehead atoms. The molecule has 0 aromatic heterocycles. The second-order valence-corrected chi connectivity index (χ2v) is 21.2. The van der Waals surface area contributed by atoms with Crippen LogP contribution in [0.15, 0.2) is 87.7 Å². The van der Waals surface area contributed by atoms with Crippen LogP contribution in [0.1, 0.15) is 101 Å². The predicted molar refractivity (Wildman–Crippen MR) is 172 cm³/mol. The second-order valence-electron chi connectivity index (χ2n) is 15.1. The molecular weight excluding hydrogens is 631 g/mol. The number of rotatable bonds is 4. The fourth-order valence-corrected chi connectivity index (χ4v) is 14.6. The van der Waals surface area contributed by atoms with Gasteiger partial charge in [-0.15, -0.1) is 0 Å². The average molecular weight is 679 g/mol. The van der Waals surface area contributed by atoms with Crippen LogP contribution >= 0.6 is 0 Å². The van der Waals surface area contributed by atoms with Gasteiger partial charge in [0.1, 0.15) is 0 Å². The van der Waals surface area contributed by atoms with E-state index >= 15 is 0 Å². The van der Waals surface area contributed by atoms with Gasteiger partial charge in [0.2, 0.25) is 0 Å². The molecule has 0 saturated carbocycles. The molecule has 42 heavy (non-hydrogen) atoms. The van der Waals surface area contributed by atoms with Crippen LogP contribution in [0.2, 0.25) is 0 Å². The van der Waals surface area contributed by atoms with Crippen molar-refractivity contribution in [1.82, 2.24) is 0 Å². The molecule has 0 amide bonds. The van der Waals surface area contributed by atoms with E-state index in [-0.39, 0.29) is 41.1 Å². The Labute approximate surface area is 276 Å². The van der Waals surface area contributed by atoms with E-state index in [9.17, 15) is 0 Å². The zero-order valence-corrected chi connectivity index (χ0v) is 31.2. The fourth-order valence-electron chi connectivity index (χ4n) is 6.28. The van der Waals surface area contributed by atoms with Gasteiger partial charge in [-0.3, -0.25) is 0 Å². The first kappa shape index (κ1) is 35.0. The van der Waals surface area contributed by atoms with Crippen molar-refractivity contribution in [1.29, 1.82) is 0 Å². The van der Waals surface area contributed by atoms with Crippen LogP contribution in [-0.4, -0.2) is 3.71 Å². The van der Waals surface area contributed by atoms with Crippen molar-refractivity contribution in [2.45, 2.75) is 90.1 Å². The van der Waals surface area contributed by atoms with Crippen LogP contribution in [0, 0.1) is 11.3 Å². The van der Waals surface area contributed by atoms with Crippen LogP contribution in [0.5, 0.6) is 0 Å². The molecule has 3 heteroatoms. The van der Waals surface area contributed by atoms with Crippen molar-refractivity contribution in [3.8, 4) is 11.1 Å². The van der Waals surface area contributed by atoms with Gasteiger partial charge in [0.25, 0.3) is 0 Å². The molecule has 2 aliphatic rings. The maximum Gasteiger partial charge on any atom is -1.00 e. The summed E-state index contributed by atoms with van der Waals surface area (Å²) >= 11 is -2.38. The van der Waals surface area contributed by atoms with Gasteiger partial charge >= 0.3 is 253 Å². The molecule has 0 radical (unpaired) electrons. The Morgan fingerprint density at radius 2 is 1.17 bits per heavy atom. The Morgan fingerprint density at radius 1 is 0.667 bits per heavy atom. The molecule has 222 valence electrons. The van der Waals surface area contributed by atoms with E-state index in [2.05, 4.69) is 152 Å². The molecule has 0 nitrogen and oxygen atoms in total. The summed E-state index contributed by atoms with van der Waals surface area (Å²) in [5.74, 6) is 0.519. The summed E-state index contributed by atoms with van der Waals surface area (Å²) in [4.78, 5) is 0. The van der Waals surface area contributed by atoms with Crippen LogP contribution < -0.4 is 24.8 Å². The molecule has 2 aliphatic carbocycles. The van der Waals surface area contributed by atoms with Crippen molar-refractivity contribution in [3.05, 3.63) is 116 Å². The third kappa shape index (κ3) is 7.06. The van der Waals surface area contributed by atoms with Gasteiger partial charge in [-0.25, -0.2) is 0 Å². The first-order chi connectivity index (χ1) is 18.6. The molecule has 1 atom stereocenters. The average Bonchev–Trinajstić information content (AvgIpc) is 3.42. The van der Waals surface area contributed by atoms with Gasteiger partial charge in [-0.2, -0.15) is 0 Å². The molecule has 0 heterocycles. The van der Waals surface area contributed by atoms with E-state index in [1.165, 1.54) is 33.4 Å². The molecule has 3 aromatic carbocycles. The minimum atomic E-state index is -2.38. The van der Waals surface area contributed by atoms with Gasteiger partial charge in [0.05, 0.1) is 0 Å². The van der Waals surface area contributed by atoms with Crippen LogP contribution in [-0.2, 0) is 38.5 Å². The topological polar surface area (TPSA) is 0 Å². The van der Waals surface area contributed by atoms with E-state index in [0.29, 0.717) is 9.54 Å². The van der Waals surface area contributed by atoms with E-state index < -0.39 is 21.3 Å². The van der Waals surface area contributed by atoms with Gasteiger partial charge in [0, 0.05) is 0 Å². The fraction of sp³-hybridized carbons (Fsp3) is 0.410. The van der Waals surface area contributed by atoms with E-state index in [4.69, 9.17) is 0 Å². The van der Waals surface area contributed by atoms with Crippen molar-refractivity contribution >= 4 is 3.71 Å². The zero-order chi connectivity index (χ0) is 29.0. The summed E-state index contributed by atoms with van der Waals surface area (Å²) in [6.45, 7) is 23.6. The Kier molecular flexibility index (Phi) is 10.7. The van der Waals surface area contributed by atoms with Crippen molar-refractivity contribution in [2.75, 3.05) is 0 Å². The standard InChI is InChI=1S/C21H25.C10H15.C8H8.2ClH.Zr/c1-20(2,3)16-9-7-14-11-15-8-10-17(21(4,5)6)13-19(15)18(14)12-16;1-8-5-6-9(7-8)10(2,3)4;1-2-8-6-4-3-5-7-8;;;/h7-13H,1-6H3;6-8H,1-4H3;1,3-7H,2H2;2*1H;/q;;;;;+2/p-2.